The number of hydrogen-bond donors (Lipinski definition) is 1. The fourth-order valence-corrected chi connectivity index (χ4v) is 6.72. The van der Waals surface area contributed by atoms with Crippen LogP contribution in [0, 0.1) is 26.7 Å². The SMILES string of the molecule is Cc1ccc(CN(C(=O)CN(c2cccc(Cl)c2C)S(=O)(=O)c2ccc(C)cc2)[C@@H](Cc2ccccc2)C(=O)NCC(C)C)cc1. The monoisotopic (exact) mass is 659 g/mol. The lowest BCUT2D eigenvalue weighted by Gasteiger charge is -2.34. The van der Waals surface area contributed by atoms with Gasteiger partial charge in [0.25, 0.3) is 10.0 Å². The Morgan fingerprint density at radius 3 is 2.00 bits per heavy atom. The van der Waals surface area contributed by atoms with Crippen LogP contribution in [0.3, 0.4) is 0 Å². The molecule has 0 unspecified atom stereocenters. The van der Waals surface area contributed by atoms with Crippen LogP contribution in [0.5, 0.6) is 0 Å². The second-order valence-electron chi connectivity index (χ2n) is 12.1. The molecule has 2 amide bonds. The van der Waals surface area contributed by atoms with E-state index >= 15 is 0 Å². The molecule has 0 aliphatic rings. The fourth-order valence-electron chi connectivity index (χ4n) is 5.08. The molecule has 1 atom stereocenters. The van der Waals surface area contributed by atoms with Crippen molar-refractivity contribution in [2.45, 2.75) is 58.5 Å². The summed E-state index contributed by atoms with van der Waals surface area (Å²) in [6.07, 6.45) is 0.253. The number of sulfonamides is 1. The maximum absolute atomic E-state index is 14.6. The van der Waals surface area contributed by atoms with Gasteiger partial charge in [0.2, 0.25) is 11.8 Å². The third kappa shape index (κ3) is 8.77. The minimum absolute atomic E-state index is 0.0471. The lowest BCUT2D eigenvalue weighted by atomic mass is 10.0. The van der Waals surface area contributed by atoms with Gasteiger partial charge in [0.15, 0.2) is 0 Å². The summed E-state index contributed by atoms with van der Waals surface area (Å²) >= 11 is 6.47. The number of nitrogens with zero attached hydrogens (tertiary/aromatic N) is 2. The number of rotatable bonds is 13. The van der Waals surface area contributed by atoms with Crippen LogP contribution in [0.2, 0.25) is 5.02 Å². The van der Waals surface area contributed by atoms with E-state index in [2.05, 4.69) is 5.32 Å². The number of anilines is 1. The molecule has 0 fully saturated rings. The van der Waals surface area contributed by atoms with E-state index in [1.165, 1.54) is 17.0 Å². The Kier molecular flexibility index (Phi) is 11.7. The Morgan fingerprint density at radius 2 is 1.39 bits per heavy atom. The van der Waals surface area contributed by atoms with Crippen LogP contribution < -0.4 is 9.62 Å². The molecule has 0 aromatic heterocycles. The predicted octanol–water partition coefficient (Wildman–Crippen LogP) is 6.87. The molecule has 0 spiro atoms. The van der Waals surface area contributed by atoms with Gasteiger partial charge >= 0.3 is 0 Å². The van der Waals surface area contributed by atoms with Crippen LogP contribution in [-0.2, 0) is 32.6 Å². The van der Waals surface area contributed by atoms with Crippen molar-refractivity contribution < 1.29 is 18.0 Å². The van der Waals surface area contributed by atoms with Gasteiger partial charge in [-0.3, -0.25) is 13.9 Å². The van der Waals surface area contributed by atoms with Crippen LogP contribution in [0.25, 0.3) is 0 Å². The van der Waals surface area contributed by atoms with Crippen molar-refractivity contribution in [3.05, 3.63) is 130 Å². The van der Waals surface area contributed by atoms with Crippen LogP contribution in [0.4, 0.5) is 5.69 Å². The summed E-state index contributed by atoms with van der Waals surface area (Å²) in [6.45, 7) is 9.59. The first-order chi connectivity index (χ1) is 21.9. The second-order valence-corrected chi connectivity index (χ2v) is 14.3. The van der Waals surface area contributed by atoms with Gasteiger partial charge in [-0.1, -0.05) is 109 Å². The van der Waals surface area contributed by atoms with Gasteiger partial charge in [-0.05, 0) is 67.6 Å². The van der Waals surface area contributed by atoms with E-state index in [9.17, 15) is 18.0 Å². The standard InChI is InChI=1S/C37H42ClN3O4S/c1-26(2)23-39-37(43)35(22-30-10-7-6-8-11-30)40(24-31-18-14-27(3)15-19-31)36(42)25-41(34-13-9-12-33(38)29(34)5)46(44,45)32-20-16-28(4)17-21-32/h6-21,26,35H,22-25H2,1-5H3,(H,39,43)/t35-/m0/s1. The molecule has 0 aliphatic heterocycles. The third-order valence-electron chi connectivity index (χ3n) is 7.82. The fraction of sp³-hybridized carbons (Fsp3) is 0.297. The average Bonchev–Trinajstić information content (AvgIpc) is 3.03. The number of halogens is 1. The van der Waals surface area contributed by atoms with Gasteiger partial charge in [-0.15, -0.1) is 0 Å². The summed E-state index contributed by atoms with van der Waals surface area (Å²) in [5.74, 6) is -0.621. The first-order valence-electron chi connectivity index (χ1n) is 15.4. The van der Waals surface area contributed by atoms with Crippen LogP contribution in [-0.4, -0.2) is 44.3 Å². The average molecular weight is 660 g/mol. The number of benzene rings is 4. The van der Waals surface area contributed by atoms with Crippen molar-refractivity contribution in [2.75, 3.05) is 17.4 Å². The number of hydrogen-bond acceptors (Lipinski definition) is 4. The summed E-state index contributed by atoms with van der Waals surface area (Å²) in [5.41, 5.74) is 4.47. The normalized spacial score (nSPS) is 12.1. The maximum Gasteiger partial charge on any atom is 0.264 e. The summed E-state index contributed by atoms with van der Waals surface area (Å²) in [6, 6.07) is 27.8. The topological polar surface area (TPSA) is 86.8 Å². The number of aryl methyl sites for hydroxylation is 2. The van der Waals surface area contributed by atoms with Gasteiger partial charge in [0.05, 0.1) is 10.6 Å². The molecule has 0 heterocycles. The number of carbonyl (C=O) groups excluding carboxylic acids is 2. The van der Waals surface area contributed by atoms with Gasteiger partial charge in [-0.2, -0.15) is 0 Å². The van der Waals surface area contributed by atoms with E-state index in [4.69, 9.17) is 11.6 Å². The lowest BCUT2D eigenvalue weighted by molar-refractivity contribution is -0.140. The number of carbonyl (C=O) groups is 2. The largest absolute Gasteiger partial charge is 0.354 e. The molecule has 0 radical (unpaired) electrons. The minimum Gasteiger partial charge on any atom is -0.354 e. The number of amides is 2. The van der Waals surface area contributed by atoms with Gasteiger partial charge in [-0.25, -0.2) is 8.42 Å². The highest BCUT2D eigenvalue weighted by molar-refractivity contribution is 7.92. The van der Waals surface area contributed by atoms with Crippen molar-refractivity contribution in [3.8, 4) is 0 Å². The van der Waals surface area contributed by atoms with Gasteiger partial charge in [0, 0.05) is 24.5 Å². The van der Waals surface area contributed by atoms with Crippen LogP contribution >= 0.6 is 11.6 Å². The zero-order valence-electron chi connectivity index (χ0n) is 27.0. The highest BCUT2D eigenvalue weighted by Crippen LogP contribution is 2.31. The van der Waals surface area contributed by atoms with E-state index in [-0.39, 0.29) is 29.7 Å². The Labute approximate surface area is 278 Å². The zero-order valence-corrected chi connectivity index (χ0v) is 28.6. The van der Waals surface area contributed by atoms with E-state index in [1.54, 1.807) is 37.3 Å². The lowest BCUT2D eigenvalue weighted by Crippen LogP contribution is -2.53. The first kappa shape index (κ1) is 34.7. The highest BCUT2D eigenvalue weighted by Gasteiger charge is 2.35. The molecular formula is C37H42ClN3O4S. The predicted molar refractivity (Wildman–Crippen MR) is 185 cm³/mol. The smallest absolute Gasteiger partial charge is 0.264 e. The third-order valence-corrected chi connectivity index (χ3v) is 10.0. The summed E-state index contributed by atoms with van der Waals surface area (Å²) in [5, 5.41) is 3.39. The van der Waals surface area contributed by atoms with Crippen molar-refractivity contribution in [1.82, 2.24) is 10.2 Å². The van der Waals surface area contributed by atoms with E-state index < -0.39 is 28.5 Å². The minimum atomic E-state index is -4.22. The zero-order chi connectivity index (χ0) is 33.4. The molecule has 7 nitrogen and oxygen atoms in total. The first-order valence-corrected chi connectivity index (χ1v) is 17.2. The van der Waals surface area contributed by atoms with E-state index in [0.29, 0.717) is 22.8 Å². The van der Waals surface area contributed by atoms with Crippen molar-refractivity contribution >= 4 is 39.1 Å². The molecular weight excluding hydrogens is 618 g/mol. The molecule has 0 saturated heterocycles. The molecule has 4 rings (SSSR count). The van der Waals surface area contributed by atoms with Crippen molar-refractivity contribution in [3.63, 3.8) is 0 Å². The van der Waals surface area contributed by atoms with E-state index in [1.807, 2.05) is 82.3 Å². The summed E-state index contributed by atoms with van der Waals surface area (Å²) in [4.78, 5) is 30.1. The van der Waals surface area contributed by atoms with Crippen molar-refractivity contribution in [1.29, 1.82) is 0 Å². The van der Waals surface area contributed by atoms with Gasteiger partial charge < -0.3 is 10.2 Å². The highest BCUT2D eigenvalue weighted by atomic mass is 35.5. The molecule has 0 saturated carbocycles. The Hall–Kier alpha value is -4.14. The maximum atomic E-state index is 14.6. The molecule has 9 heteroatoms. The van der Waals surface area contributed by atoms with E-state index in [0.717, 1.165) is 26.6 Å². The quantitative estimate of drug-likeness (QED) is 0.170. The molecule has 242 valence electrons. The van der Waals surface area contributed by atoms with Gasteiger partial charge in [0.1, 0.15) is 12.6 Å². The van der Waals surface area contributed by atoms with Crippen LogP contribution in [0.15, 0.2) is 102 Å². The second kappa shape index (κ2) is 15.4. The summed E-state index contributed by atoms with van der Waals surface area (Å²) in [7, 11) is -4.22. The van der Waals surface area contributed by atoms with Crippen molar-refractivity contribution in [2.24, 2.45) is 5.92 Å². The number of nitrogens with one attached hydrogen (secondary N) is 1. The molecule has 46 heavy (non-hydrogen) atoms. The Bertz CT molecular complexity index is 1740. The summed E-state index contributed by atoms with van der Waals surface area (Å²) < 4.78 is 29.6. The van der Waals surface area contributed by atoms with Crippen LogP contribution in [0.1, 0.15) is 41.7 Å². The Balaban J connectivity index is 1.82. The molecule has 0 bridgehead atoms. The molecule has 4 aromatic rings. The molecule has 4 aromatic carbocycles. The molecule has 1 N–H and O–H groups in total. The molecule has 0 aliphatic carbocycles. The Morgan fingerprint density at radius 1 is 0.783 bits per heavy atom.